The van der Waals surface area contributed by atoms with E-state index in [4.69, 9.17) is 9.72 Å². The highest BCUT2D eigenvalue weighted by atomic mass is 19.1. The first-order valence-electron chi connectivity index (χ1n) is 11.3. The van der Waals surface area contributed by atoms with Crippen LogP contribution in [0.3, 0.4) is 0 Å². The van der Waals surface area contributed by atoms with Gasteiger partial charge >= 0.3 is 0 Å². The molecule has 1 atom stereocenters. The van der Waals surface area contributed by atoms with Crippen molar-refractivity contribution in [3.63, 3.8) is 0 Å². The van der Waals surface area contributed by atoms with Crippen LogP contribution in [0.1, 0.15) is 43.9 Å². The Morgan fingerprint density at radius 2 is 2.03 bits per heavy atom. The second-order valence-electron chi connectivity index (χ2n) is 9.86. The summed E-state index contributed by atoms with van der Waals surface area (Å²) in [6.07, 6.45) is 0.331. The van der Waals surface area contributed by atoms with Gasteiger partial charge in [0.1, 0.15) is 18.0 Å². The summed E-state index contributed by atoms with van der Waals surface area (Å²) < 4.78 is 22.8. The van der Waals surface area contributed by atoms with E-state index in [-0.39, 0.29) is 29.8 Å². The molecule has 2 aliphatic heterocycles. The number of hydrogen-bond acceptors (Lipinski definition) is 4. The van der Waals surface area contributed by atoms with Crippen LogP contribution >= 0.6 is 0 Å². The van der Waals surface area contributed by atoms with E-state index < -0.39 is 5.60 Å². The lowest BCUT2D eigenvalue weighted by Gasteiger charge is -2.35. The van der Waals surface area contributed by atoms with Crippen molar-refractivity contribution in [3.05, 3.63) is 69.5 Å². The van der Waals surface area contributed by atoms with Gasteiger partial charge in [-0.3, -0.25) is 9.28 Å². The van der Waals surface area contributed by atoms with Crippen LogP contribution in [0, 0.1) is 5.82 Å². The highest BCUT2D eigenvalue weighted by Crippen LogP contribution is 2.42. The Labute approximate surface area is 192 Å². The van der Waals surface area contributed by atoms with E-state index in [1.54, 1.807) is 4.57 Å². The fraction of sp³-hybridized carbons (Fsp3) is 0.385. The van der Waals surface area contributed by atoms with Crippen molar-refractivity contribution < 1.29 is 14.2 Å². The second kappa shape index (κ2) is 6.98. The van der Waals surface area contributed by atoms with E-state index in [0.717, 1.165) is 10.9 Å². The van der Waals surface area contributed by atoms with Crippen molar-refractivity contribution in [1.29, 1.82) is 0 Å². The van der Waals surface area contributed by atoms with Crippen LogP contribution in [0.4, 0.5) is 10.1 Å². The Hall–Kier alpha value is -3.03. The van der Waals surface area contributed by atoms with Gasteiger partial charge in [-0.1, -0.05) is 13.5 Å². The summed E-state index contributed by atoms with van der Waals surface area (Å²) >= 11 is 0. The summed E-state index contributed by atoms with van der Waals surface area (Å²) in [7, 11) is 3.97. The van der Waals surface area contributed by atoms with E-state index in [0.29, 0.717) is 51.2 Å². The van der Waals surface area contributed by atoms with Gasteiger partial charge in [0.05, 0.1) is 49.1 Å². The molecule has 0 spiro atoms. The monoisotopic (exact) mass is 450 g/mol. The number of ether oxygens (including phenoxy) is 1. The first-order valence-corrected chi connectivity index (χ1v) is 11.3. The number of rotatable bonds is 3. The number of aromatic nitrogens is 2. The summed E-state index contributed by atoms with van der Waals surface area (Å²) in [5, 5.41) is 12.1. The van der Waals surface area contributed by atoms with Gasteiger partial charge in [-0.05, 0) is 32.4 Å². The maximum Gasteiger partial charge on any atom is 0.258 e. The number of benzene rings is 1. The first-order chi connectivity index (χ1) is 15.5. The molecule has 0 bridgehead atoms. The van der Waals surface area contributed by atoms with Crippen LogP contribution in [0.2, 0.25) is 0 Å². The Balaban J connectivity index is 1.72. The standard InChI is InChI=1S/C26H29FN3O3/c1-7-26(32)15(4)33-13-18-19(26)10-22-24-17(12-29(22)25(18)31)8-16-9-23(30(5,6)14(2)3)20(27)11-21(16)28-24/h8-11,14,32H,4,7,12-13H2,1-3,5-6H3/q+1/t26-/m1/s1. The predicted molar refractivity (Wildman–Crippen MR) is 127 cm³/mol. The highest BCUT2D eigenvalue weighted by Gasteiger charge is 2.41. The highest BCUT2D eigenvalue weighted by molar-refractivity contribution is 5.87. The molecule has 0 aliphatic carbocycles. The quantitative estimate of drug-likeness (QED) is 0.476. The van der Waals surface area contributed by atoms with Crippen molar-refractivity contribution >= 4 is 16.6 Å². The van der Waals surface area contributed by atoms with Gasteiger partial charge in [0.2, 0.25) is 0 Å². The molecule has 33 heavy (non-hydrogen) atoms. The summed E-state index contributed by atoms with van der Waals surface area (Å²) in [5.41, 5.74) is 2.64. The molecular formula is C26H29FN3O3+. The zero-order valence-electron chi connectivity index (χ0n) is 19.7. The fourth-order valence-electron chi connectivity index (χ4n) is 4.83. The average molecular weight is 451 g/mol. The summed E-state index contributed by atoms with van der Waals surface area (Å²) in [4.78, 5) is 18.1. The zero-order chi connectivity index (χ0) is 23.9. The maximum absolute atomic E-state index is 15.1. The van der Waals surface area contributed by atoms with Gasteiger partial charge in [-0.15, -0.1) is 0 Å². The Morgan fingerprint density at radius 1 is 1.30 bits per heavy atom. The van der Waals surface area contributed by atoms with E-state index in [2.05, 4.69) is 20.4 Å². The van der Waals surface area contributed by atoms with E-state index in [9.17, 15) is 9.90 Å². The molecule has 3 aromatic rings. The molecule has 4 heterocycles. The van der Waals surface area contributed by atoms with E-state index in [1.165, 1.54) is 6.07 Å². The summed E-state index contributed by atoms with van der Waals surface area (Å²) in [6, 6.07) is 7.35. The average Bonchev–Trinajstić information content (AvgIpc) is 3.12. The van der Waals surface area contributed by atoms with Gasteiger partial charge in [0, 0.05) is 28.6 Å². The minimum atomic E-state index is -1.43. The smallest absolute Gasteiger partial charge is 0.258 e. The van der Waals surface area contributed by atoms with Crippen molar-refractivity contribution in [2.45, 2.75) is 52.0 Å². The predicted octanol–water partition coefficient (Wildman–Crippen LogP) is 4.18. The second-order valence-corrected chi connectivity index (χ2v) is 9.86. The van der Waals surface area contributed by atoms with Crippen molar-refractivity contribution in [2.24, 2.45) is 0 Å². The van der Waals surface area contributed by atoms with E-state index in [1.807, 2.05) is 39.2 Å². The Bertz CT molecular complexity index is 1410. The lowest BCUT2D eigenvalue weighted by Crippen LogP contribution is -2.47. The largest absolute Gasteiger partial charge is 0.490 e. The zero-order valence-corrected chi connectivity index (χ0v) is 19.7. The molecule has 1 aromatic carbocycles. The van der Waals surface area contributed by atoms with Crippen molar-refractivity contribution in [3.8, 4) is 11.4 Å². The molecule has 2 aromatic heterocycles. The number of nitrogens with zero attached hydrogens (tertiary/aromatic N) is 3. The molecule has 0 saturated carbocycles. The molecule has 0 unspecified atom stereocenters. The third-order valence-corrected chi connectivity index (χ3v) is 7.65. The molecule has 0 radical (unpaired) electrons. The minimum Gasteiger partial charge on any atom is -0.490 e. The topological polar surface area (TPSA) is 64.4 Å². The molecule has 6 nitrogen and oxygen atoms in total. The first kappa shape index (κ1) is 21.8. The molecule has 7 heteroatoms. The van der Waals surface area contributed by atoms with Crippen LogP contribution in [0.25, 0.3) is 22.3 Å². The third-order valence-electron chi connectivity index (χ3n) is 7.65. The van der Waals surface area contributed by atoms with Crippen LogP contribution in [0.15, 0.2) is 41.4 Å². The summed E-state index contributed by atoms with van der Waals surface area (Å²) in [5.74, 6) is -0.0599. The number of hydrogen-bond donors (Lipinski definition) is 1. The minimum absolute atomic E-state index is 0.0815. The van der Waals surface area contributed by atoms with Gasteiger partial charge < -0.3 is 14.4 Å². The van der Waals surface area contributed by atoms with Crippen LogP contribution < -0.4 is 10.0 Å². The molecule has 1 N–H and O–H groups in total. The lowest BCUT2D eigenvalue weighted by molar-refractivity contribution is -0.0172. The number of halogens is 1. The molecular weight excluding hydrogens is 421 g/mol. The third kappa shape index (κ3) is 2.92. The SMILES string of the molecule is C=C1OCc2c(cc3n(c2=O)Cc2cc4cc([N+](C)(C)C(C)C)c(F)cc4nc2-3)[C@@]1(O)CC. The van der Waals surface area contributed by atoms with Gasteiger partial charge in [-0.2, -0.15) is 0 Å². The Kier molecular flexibility index (Phi) is 4.61. The molecule has 0 amide bonds. The van der Waals surface area contributed by atoms with Crippen LogP contribution in [-0.2, 0) is 23.5 Å². The van der Waals surface area contributed by atoms with Gasteiger partial charge in [0.15, 0.2) is 11.5 Å². The van der Waals surface area contributed by atoms with Gasteiger partial charge in [-0.25, -0.2) is 9.37 Å². The van der Waals surface area contributed by atoms with Crippen molar-refractivity contribution in [1.82, 2.24) is 14.0 Å². The van der Waals surface area contributed by atoms with E-state index >= 15 is 4.39 Å². The number of pyridine rings is 2. The normalized spacial score (nSPS) is 19.5. The molecule has 0 saturated heterocycles. The molecule has 0 fully saturated rings. The van der Waals surface area contributed by atoms with Crippen LogP contribution in [0.5, 0.6) is 0 Å². The maximum atomic E-state index is 15.1. The lowest BCUT2D eigenvalue weighted by atomic mass is 9.84. The number of quaternary nitrogens is 1. The molecule has 5 rings (SSSR count). The van der Waals surface area contributed by atoms with Crippen LogP contribution in [-0.4, -0.2) is 34.8 Å². The number of fused-ring (bicyclic) bond motifs is 5. The fourth-order valence-corrected chi connectivity index (χ4v) is 4.83. The van der Waals surface area contributed by atoms with Crippen molar-refractivity contribution in [2.75, 3.05) is 14.1 Å². The van der Waals surface area contributed by atoms with Gasteiger partial charge in [0.25, 0.3) is 5.56 Å². The molecule has 2 aliphatic rings. The summed E-state index contributed by atoms with van der Waals surface area (Å²) in [6.45, 7) is 10.3. The number of aliphatic hydroxyl groups is 1. The molecule has 172 valence electrons. The Morgan fingerprint density at radius 3 is 2.70 bits per heavy atom.